The number of halogens is 4. The number of amides is 1. The minimum atomic E-state index is -4.58. The highest BCUT2D eigenvalue weighted by Gasteiger charge is 2.31. The third-order valence-electron chi connectivity index (χ3n) is 4.71. The lowest BCUT2D eigenvalue weighted by Crippen LogP contribution is -2.32. The summed E-state index contributed by atoms with van der Waals surface area (Å²) in [4.78, 5) is 25.6. The summed E-state index contributed by atoms with van der Waals surface area (Å²) in [6, 6.07) is 9.39. The molecule has 3 rings (SSSR count). The Kier molecular flexibility index (Phi) is 5.71. The first-order chi connectivity index (χ1) is 13.6. The Bertz CT molecular complexity index is 1120. The SMILES string of the molecule is CCn1cc(C(=O)NC(C)c2ccc(Cl)cc2)c(=O)c2cc(C(F)(F)F)ccc21. The van der Waals surface area contributed by atoms with Gasteiger partial charge in [0, 0.05) is 23.2 Å². The standard InChI is InChI=1S/C21H18ClF3N2O2/c1-3-27-11-17(20(29)26-12(2)13-4-7-15(22)8-5-13)19(28)16-10-14(21(23,24)25)6-9-18(16)27/h4-12H,3H2,1-2H3,(H,26,29). The van der Waals surface area contributed by atoms with Gasteiger partial charge in [-0.1, -0.05) is 23.7 Å². The molecule has 0 aliphatic heterocycles. The molecule has 4 nitrogen and oxygen atoms in total. The second-order valence-electron chi connectivity index (χ2n) is 6.63. The van der Waals surface area contributed by atoms with E-state index in [0.29, 0.717) is 17.1 Å². The molecule has 0 saturated heterocycles. The summed E-state index contributed by atoms with van der Waals surface area (Å²) in [5.41, 5.74) is -0.764. The quantitative estimate of drug-likeness (QED) is 0.629. The zero-order valence-corrected chi connectivity index (χ0v) is 16.4. The van der Waals surface area contributed by atoms with Crippen LogP contribution < -0.4 is 10.7 Å². The van der Waals surface area contributed by atoms with Gasteiger partial charge >= 0.3 is 6.18 Å². The monoisotopic (exact) mass is 422 g/mol. The number of nitrogens with zero attached hydrogens (tertiary/aromatic N) is 1. The molecule has 0 aliphatic rings. The van der Waals surface area contributed by atoms with E-state index in [0.717, 1.165) is 17.7 Å². The Labute approximate surface area is 169 Å². The fraction of sp³-hybridized carbons (Fsp3) is 0.238. The van der Waals surface area contributed by atoms with E-state index in [-0.39, 0.29) is 10.9 Å². The Morgan fingerprint density at radius 2 is 1.83 bits per heavy atom. The number of nitrogens with one attached hydrogen (secondary N) is 1. The summed E-state index contributed by atoms with van der Waals surface area (Å²) in [5.74, 6) is -0.654. The van der Waals surface area contributed by atoms with Crippen molar-refractivity contribution in [2.45, 2.75) is 32.6 Å². The molecule has 0 bridgehead atoms. The second-order valence-corrected chi connectivity index (χ2v) is 7.07. The molecule has 0 saturated carbocycles. The number of rotatable bonds is 4. The molecule has 8 heteroatoms. The Morgan fingerprint density at radius 3 is 2.41 bits per heavy atom. The largest absolute Gasteiger partial charge is 0.416 e. The van der Waals surface area contributed by atoms with Gasteiger partial charge in [0.1, 0.15) is 5.56 Å². The van der Waals surface area contributed by atoms with Crippen molar-refractivity contribution in [1.82, 2.24) is 9.88 Å². The van der Waals surface area contributed by atoms with Gasteiger partial charge in [-0.25, -0.2) is 0 Å². The third kappa shape index (κ3) is 4.29. The molecular formula is C21H18ClF3N2O2. The average Bonchev–Trinajstić information content (AvgIpc) is 2.67. The van der Waals surface area contributed by atoms with Crippen LogP contribution in [0.15, 0.2) is 53.5 Å². The Hall–Kier alpha value is -2.80. The number of pyridine rings is 1. The van der Waals surface area contributed by atoms with Crippen LogP contribution in [0.3, 0.4) is 0 Å². The van der Waals surface area contributed by atoms with Gasteiger partial charge in [-0.3, -0.25) is 9.59 Å². The molecule has 2 aromatic carbocycles. The third-order valence-corrected chi connectivity index (χ3v) is 4.96. The topological polar surface area (TPSA) is 51.1 Å². The minimum Gasteiger partial charge on any atom is -0.347 e. The first-order valence-electron chi connectivity index (χ1n) is 8.92. The van der Waals surface area contributed by atoms with Gasteiger partial charge in [0.05, 0.1) is 17.1 Å². The van der Waals surface area contributed by atoms with E-state index in [4.69, 9.17) is 11.6 Å². The molecule has 1 heterocycles. The normalized spacial score (nSPS) is 12.8. The van der Waals surface area contributed by atoms with Crippen LogP contribution in [0.5, 0.6) is 0 Å². The van der Waals surface area contributed by atoms with Gasteiger partial charge in [0.2, 0.25) is 5.43 Å². The number of benzene rings is 2. The number of aryl methyl sites for hydroxylation is 1. The summed E-state index contributed by atoms with van der Waals surface area (Å²) in [6.45, 7) is 3.90. The highest BCUT2D eigenvalue weighted by atomic mass is 35.5. The van der Waals surface area contributed by atoms with Crippen LogP contribution in [0, 0.1) is 0 Å². The molecule has 0 fully saturated rings. The number of carbonyl (C=O) groups excluding carboxylic acids is 1. The summed E-state index contributed by atoms with van der Waals surface area (Å²) in [5, 5.41) is 3.12. The van der Waals surface area contributed by atoms with Crippen LogP contribution in [0.25, 0.3) is 10.9 Å². The molecule has 0 aliphatic carbocycles. The first kappa shape index (κ1) is 20.9. The molecule has 29 heavy (non-hydrogen) atoms. The summed E-state index contributed by atoms with van der Waals surface area (Å²) in [6.07, 6.45) is -3.21. The van der Waals surface area contributed by atoms with Gasteiger partial charge in [0.15, 0.2) is 0 Å². The van der Waals surface area contributed by atoms with Gasteiger partial charge in [-0.05, 0) is 49.7 Å². The van der Waals surface area contributed by atoms with Crippen LogP contribution >= 0.6 is 11.6 Å². The number of fused-ring (bicyclic) bond motifs is 1. The van der Waals surface area contributed by atoms with E-state index < -0.39 is 29.1 Å². The van der Waals surface area contributed by atoms with E-state index in [1.54, 1.807) is 42.7 Å². The van der Waals surface area contributed by atoms with Crippen LogP contribution in [0.4, 0.5) is 13.2 Å². The molecule has 0 radical (unpaired) electrons. The lowest BCUT2D eigenvalue weighted by Gasteiger charge is -2.16. The van der Waals surface area contributed by atoms with E-state index >= 15 is 0 Å². The van der Waals surface area contributed by atoms with Crippen molar-refractivity contribution >= 4 is 28.4 Å². The van der Waals surface area contributed by atoms with Crippen molar-refractivity contribution in [1.29, 1.82) is 0 Å². The van der Waals surface area contributed by atoms with Crippen LogP contribution in [0.1, 0.15) is 41.4 Å². The maximum Gasteiger partial charge on any atom is 0.416 e. The maximum atomic E-state index is 13.1. The highest BCUT2D eigenvalue weighted by molar-refractivity contribution is 6.30. The zero-order valence-electron chi connectivity index (χ0n) is 15.7. The van der Waals surface area contributed by atoms with Gasteiger partial charge < -0.3 is 9.88 Å². The van der Waals surface area contributed by atoms with E-state index in [1.807, 2.05) is 0 Å². The van der Waals surface area contributed by atoms with Crippen molar-refractivity contribution in [3.05, 3.63) is 80.6 Å². The van der Waals surface area contributed by atoms with E-state index in [2.05, 4.69) is 5.32 Å². The second kappa shape index (κ2) is 7.91. The van der Waals surface area contributed by atoms with Crippen molar-refractivity contribution in [2.24, 2.45) is 0 Å². The van der Waals surface area contributed by atoms with Crippen molar-refractivity contribution in [3.8, 4) is 0 Å². The molecule has 0 spiro atoms. The van der Waals surface area contributed by atoms with E-state index in [1.165, 1.54) is 12.3 Å². The smallest absolute Gasteiger partial charge is 0.347 e. The Morgan fingerprint density at radius 1 is 1.17 bits per heavy atom. The van der Waals surface area contributed by atoms with Crippen molar-refractivity contribution < 1.29 is 18.0 Å². The fourth-order valence-electron chi connectivity index (χ4n) is 3.11. The first-order valence-corrected chi connectivity index (χ1v) is 9.30. The van der Waals surface area contributed by atoms with Crippen LogP contribution in [-0.2, 0) is 12.7 Å². The summed E-state index contributed by atoms with van der Waals surface area (Å²) >= 11 is 5.86. The van der Waals surface area contributed by atoms with Crippen LogP contribution in [0.2, 0.25) is 5.02 Å². The fourth-order valence-corrected chi connectivity index (χ4v) is 3.23. The molecule has 1 N–H and O–H groups in total. The summed E-state index contributed by atoms with van der Waals surface area (Å²) in [7, 11) is 0. The van der Waals surface area contributed by atoms with Crippen LogP contribution in [-0.4, -0.2) is 10.5 Å². The average molecular weight is 423 g/mol. The van der Waals surface area contributed by atoms with E-state index in [9.17, 15) is 22.8 Å². The molecule has 3 aromatic rings. The molecule has 1 aromatic heterocycles. The molecule has 152 valence electrons. The molecule has 1 unspecified atom stereocenters. The number of alkyl halides is 3. The number of carbonyl (C=O) groups is 1. The Balaban J connectivity index is 2.03. The summed E-state index contributed by atoms with van der Waals surface area (Å²) < 4.78 is 40.8. The number of aromatic nitrogens is 1. The highest BCUT2D eigenvalue weighted by Crippen LogP contribution is 2.31. The minimum absolute atomic E-state index is 0.145. The zero-order chi connectivity index (χ0) is 21.3. The van der Waals surface area contributed by atoms with Gasteiger partial charge in [0.25, 0.3) is 5.91 Å². The lowest BCUT2D eigenvalue weighted by atomic mass is 10.1. The molecule has 1 atom stereocenters. The number of hydrogen-bond donors (Lipinski definition) is 1. The lowest BCUT2D eigenvalue weighted by molar-refractivity contribution is -0.137. The maximum absolute atomic E-state index is 13.1. The van der Waals surface area contributed by atoms with Gasteiger partial charge in [-0.15, -0.1) is 0 Å². The van der Waals surface area contributed by atoms with Crippen molar-refractivity contribution in [3.63, 3.8) is 0 Å². The van der Waals surface area contributed by atoms with Gasteiger partial charge in [-0.2, -0.15) is 13.2 Å². The van der Waals surface area contributed by atoms with Crippen molar-refractivity contribution in [2.75, 3.05) is 0 Å². The molecular weight excluding hydrogens is 405 g/mol. The molecule has 1 amide bonds. The number of hydrogen-bond acceptors (Lipinski definition) is 2. The predicted octanol–water partition coefficient (Wildman–Crippen LogP) is 5.18. The predicted molar refractivity (Wildman–Crippen MR) is 106 cm³/mol.